The summed E-state index contributed by atoms with van der Waals surface area (Å²) in [5.74, 6) is 0. The van der Waals surface area contributed by atoms with Crippen LogP contribution in [0.5, 0.6) is 0 Å². The van der Waals surface area contributed by atoms with E-state index in [1.54, 1.807) is 5.56 Å². The largest absolute Gasteiger partial charge is 0.369 e. The van der Waals surface area contributed by atoms with Crippen molar-refractivity contribution < 1.29 is 0 Å². The summed E-state index contributed by atoms with van der Waals surface area (Å²) in [5.41, 5.74) is 7.02. The van der Waals surface area contributed by atoms with Crippen LogP contribution >= 0.6 is 0 Å². The molecular weight excluding hydrogens is 382 g/mol. The molecule has 2 aliphatic heterocycles. The van der Waals surface area contributed by atoms with Crippen LogP contribution in [-0.4, -0.2) is 55.2 Å². The van der Waals surface area contributed by atoms with Crippen molar-refractivity contribution in [1.29, 1.82) is 0 Å². The van der Waals surface area contributed by atoms with Crippen LogP contribution in [0.1, 0.15) is 48.6 Å². The molecule has 5 nitrogen and oxygen atoms in total. The minimum atomic E-state index is 0.488. The first-order chi connectivity index (χ1) is 15.2. The summed E-state index contributed by atoms with van der Waals surface area (Å²) in [6.45, 7) is 13.0. The van der Waals surface area contributed by atoms with E-state index < -0.39 is 0 Å². The van der Waals surface area contributed by atoms with Gasteiger partial charge < -0.3 is 15.5 Å². The highest BCUT2D eigenvalue weighted by Gasteiger charge is 2.25. The van der Waals surface area contributed by atoms with E-state index in [1.807, 2.05) is 12.3 Å². The zero-order valence-electron chi connectivity index (χ0n) is 19.4. The van der Waals surface area contributed by atoms with Crippen LogP contribution in [-0.2, 0) is 19.5 Å². The lowest BCUT2D eigenvalue weighted by atomic mass is 9.93. The third kappa shape index (κ3) is 5.85. The number of pyridine rings is 1. The number of benzene rings is 1. The molecule has 31 heavy (non-hydrogen) atoms. The highest BCUT2D eigenvalue weighted by Crippen LogP contribution is 2.29. The first-order valence-corrected chi connectivity index (χ1v) is 12.2. The van der Waals surface area contributed by atoms with Crippen molar-refractivity contribution in [2.24, 2.45) is 0 Å². The summed E-state index contributed by atoms with van der Waals surface area (Å²) in [4.78, 5) is 9.88. The Balaban J connectivity index is 1.46. The summed E-state index contributed by atoms with van der Waals surface area (Å²) < 4.78 is 0. The molecule has 1 saturated heterocycles. The smallest absolute Gasteiger partial charge is 0.0573 e. The van der Waals surface area contributed by atoms with Crippen LogP contribution in [0.25, 0.3) is 0 Å². The number of anilines is 1. The number of hydrogen-bond donors (Lipinski definition) is 2. The Labute approximate surface area is 188 Å². The molecule has 0 amide bonds. The van der Waals surface area contributed by atoms with Crippen LogP contribution in [0.15, 0.2) is 36.5 Å². The van der Waals surface area contributed by atoms with Crippen LogP contribution in [0.3, 0.4) is 0 Å². The second kappa shape index (κ2) is 11.1. The summed E-state index contributed by atoms with van der Waals surface area (Å²) in [7, 11) is 0. The lowest BCUT2D eigenvalue weighted by Gasteiger charge is -2.36. The van der Waals surface area contributed by atoms with Gasteiger partial charge >= 0.3 is 0 Å². The van der Waals surface area contributed by atoms with E-state index >= 15 is 0 Å². The van der Waals surface area contributed by atoms with E-state index in [9.17, 15) is 0 Å². The highest BCUT2D eigenvalue weighted by atomic mass is 15.2. The SMILES string of the molecule is CCCCCN(Cc1ncccc1C)C[C@H]1Cc2c(cccc2N2CCNCC2)CN1. The van der Waals surface area contributed by atoms with Crippen molar-refractivity contribution in [2.45, 2.75) is 58.7 Å². The van der Waals surface area contributed by atoms with Gasteiger partial charge in [-0.3, -0.25) is 9.88 Å². The summed E-state index contributed by atoms with van der Waals surface area (Å²) in [6.07, 6.45) is 6.87. The molecule has 0 radical (unpaired) electrons. The molecule has 1 aromatic heterocycles. The third-order valence-electron chi connectivity index (χ3n) is 6.79. The van der Waals surface area contributed by atoms with Crippen LogP contribution in [0, 0.1) is 6.92 Å². The fraction of sp³-hybridized carbons (Fsp3) is 0.577. The summed E-state index contributed by atoms with van der Waals surface area (Å²) >= 11 is 0. The van der Waals surface area contributed by atoms with Gasteiger partial charge in [0.1, 0.15) is 0 Å². The van der Waals surface area contributed by atoms with Crippen molar-refractivity contribution in [3.63, 3.8) is 0 Å². The average Bonchev–Trinajstić information content (AvgIpc) is 2.81. The van der Waals surface area contributed by atoms with Gasteiger partial charge in [-0.25, -0.2) is 0 Å². The first-order valence-electron chi connectivity index (χ1n) is 12.2. The predicted octanol–water partition coefficient (Wildman–Crippen LogP) is 3.51. The molecule has 0 saturated carbocycles. The van der Waals surface area contributed by atoms with Gasteiger partial charge in [-0.05, 0) is 55.1 Å². The van der Waals surface area contributed by atoms with Crippen molar-refractivity contribution in [3.05, 3.63) is 58.9 Å². The zero-order valence-corrected chi connectivity index (χ0v) is 19.4. The van der Waals surface area contributed by atoms with Crippen molar-refractivity contribution in [3.8, 4) is 0 Å². The molecule has 0 aliphatic carbocycles. The molecule has 0 bridgehead atoms. The molecular formula is C26H39N5. The second-order valence-electron chi connectivity index (χ2n) is 9.14. The fourth-order valence-corrected chi connectivity index (χ4v) is 4.95. The molecule has 3 heterocycles. The average molecular weight is 422 g/mol. The van der Waals surface area contributed by atoms with Gasteiger partial charge in [0, 0.05) is 63.7 Å². The van der Waals surface area contributed by atoms with E-state index in [4.69, 9.17) is 0 Å². The first kappa shape index (κ1) is 22.3. The molecule has 1 atom stereocenters. The number of fused-ring (bicyclic) bond motifs is 1. The van der Waals surface area contributed by atoms with E-state index in [0.29, 0.717) is 6.04 Å². The molecule has 4 rings (SSSR count). The fourth-order valence-electron chi connectivity index (χ4n) is 4.95. The van der Waals surface area contributed by atoms with Gasteiger partial charge in [0.15, 0.2) is 0 Å². The molecule has 0 spiro atoms. The quantitative estimate of drug-likeness (QED) is 0.607. The maximum Gasteiger partial charge on any atom is 0.0573 e. The molecule has 2 aromatic rings. The Morgan fingerprint density at radius 1 is 1.13 bits per heavy atom. The molecule has 168 valence electrons. The Kier molecular flexibility index (Phi) is 7.95. The number of nitrogens with zero attached hydrogens (tertiary/aromatic N) is 3. The Bertz CT molecular complexity index is 830. The maximum atomic E-state index is 4.68. The van der Waals surface area contributed by atoms with Crippen LogP contribution in [0.2, 0.25) is 0 Å². The number of nitrogens with one attached hydrogen (secondary N) is 2. The zero-order chi connectivity index (χ0) is 21.5. The lowest BCUT2D eigenvalue weighted by Crippen LogP contribution is -2.47. The number of aromatic nitrogens is 1. The van der Waals surface area contributed by atoms with Gasteiger partial charge in [-0.15, -0.1) is 0 Å². The molecule has 1 aromatic carbocycles. The van der Waals surface area contributed by atoms with E-state index in [2.05, 4.69) is 63.5 Å². The number of piperazine rings is 1. The van der Waals surface area contributed by atoms with Crippen LogP contribution < -0.4 is 15.5 Å². The third-order valence-corrected chi connectivity index (χ3v) is 6.79. The second-order valence-corrected chi connectivity index (χ2v) is 9.14. The van der Waals surface area contributed by atoms with Crippen molar-refractivity contribution in [1.82, 2.24) is 20.5 Å². The molecule has 2 aliphatic rings. The van der Waals surface area contributed by atoms with E-state index in [-0.39, 0.29) is 0 Å². The van der Waals surface area contributed by atoms with Gasteiger partial charge in [-0.2, -0.15) is 0 Å². The minimum Gasteiger partial charge on any atom is -0.369 e. The Hall–Kier alpha value is -1.95. The predicted molar refractivity (Wildman–Crippen MR) is 130 cm³/mol. The summed E-state index contributed by atoms with van der Waals surface area (Å²) in [5, 5.41) is 7.32. The van der Waals surface area contributed by atoms with Gasteiger partial charge in [0.05, 0.1) is 5.69 Å². The number of aryl methyl sites for hydroxylation is 1. The minimum absolute atomic E-state index is 0.488. The normalized spacial score (nSPS) is 18.9. The van der Waals surface area contributed by atoms with Gasteiger partial charge in [-0.1, -0.05) is 38.0 Å². The Morgan fingerprint density at radius 3 is 2.81 bits per heavy atom. The van der Waals surface area contributed by atoms with Crippen molar-refractivity contribution in [2.75, 3.05) is 44.2 Å². The highest BCUT2D eigenvalue weighted by molar-refractivity contribution is 5.58. The lowest BCUT2D eigenvalue weighted by molar-refractivity contribution is 0.221. The number of unbranched alkanes of at least 4 members (excludes halogenated alkanes) is 2. The van der Waals surface area contributed by atoms with E-state index in [0.717, 1.165) is 58.8 Å². The molecule has 5 heteroatoms. The number of rotatable bonds is 9. The standard InChI is InChI=1S/C26H39N5/c1-3-4-5-14-30(20-25-21(2)8-7-11-28-25)19-23-17-24-22(18-29-23)9-6-10-26(24)31-15-12-27-13-16-31/h6-11,23,27,29H,3-5,12-20H2,1-2H3/t23-/m1/s1. The number of hydrogen-bond acceptors (Lipinski definition) is 5. The van der Waals surface area contributed by atoms with E-state index in [1.165, 1.54) is 41.8 Å². The molecule has 0 unspecified atom stereocenters. The van der Waals surface area contributed by atoms with Gasteiger partial charge in [0.2, 0.25) is 0 Å². The monoisotopic (exact) mass is 421 g/mol. The van der Waals surface area contributed by atoms with Gasteiger partial charge in [0.25, 0.3) is 0 Å². The Morgan fingerprint density at radius 2 is 2.00 bits per heavy atom. The van der Waals surface area contributed by atoms with Crippen LogP contribution in [0.4, 0.5) is 5.69 Å². The maximum absolute atomic E-state index is 4.68. The molecule has 1 fully saturated rings. The topological polar surface area (TPSA) is 43.4 Å². The molecule has 2 N–H and O–H groups in total. The van der Waals surface area contributed by atoms with Crippen molar-refractivity contribution >= 4 is 5.69 Å². The summed E-state index contributed by atoms with van der Waals surface area (Å²) in [6, 6.07) is 11.6.